The average Bonchev–Trinajstić information content (AvgIpc) is 3.59. The third-order valence-corrected chi connectivity index (χ3v) is 6.54. The summed E-state index contributed by atoms with van der Waals surface area (Å²) in [6, 6.07) is 21.4. The van der Waals surface area contributed by atoms with Crippen LogP contribution in [0, 0.1) is 64.2 Å². The molecule has 11 radical (unpaired) electrons. The molecule has 0 aromatic heterocycles. The van der Waals surface area contributed by atoms with Gasteiger partial charge in [0.1, 0.15) is 0 Å². The van der Waals surface area contributed by atoms with E-state index in [9.17, 15) is 4.57 Å². The van der Waals surface area contributed by atoms with E-state index in [1.54, 1.807) is 0 Å². The molecule has 6 heteroatoms. The molecule has 161 valence electrons. The van der Waals surface area contributed by atoms with E-state index >= 15 is 0 Å². The van der Waals surface area contributed by atoms with Crippen LogP contribution in [0.5, 0.6) is 0 Å². The van der Waals surface area contributed by atoms with Gasteiger partial charge in [-0.2, -0.15) is 0 Å². The van der Waals surface area contributed by atoms with Crippen molar-refractivity contribution in [3.05, 3.63) is 125 Å². The normalized spacial score (nSPS) is 14.4. The van der Waals surface area contributed by atoms with Gasteiger partial charge in [-0.05, 0) is 89.4 Å². The van der Waals surface area contributed by atoms with E-state index in [-0.39, 0.29) is 30.3 Å². The molecule has 4 rings (SSSR count). The Kier molecular flexibility index (Phi) is 21.4. The van der Waals surface area contributed by atoms with Gasteiger partial charge in [0.2, 0.25) is 0 Å². The van der Waals surface area contributed by atoms with Crippen LogP contribution in [0.1, 0.15) is 0 Å². The van der Waals surface area contributed by atoms with Crippen molar-refractivity contribution in [2.45, 2.75) is 0 Å². The summed E-state index contributed by atoms with van der Waals surface area (Å²) in [6.07, 6.45) is 20.0. The van der Waals surface area contributed by atoms with Gasteiger partial charge in [-0.3, -0.25) is 4.57 Å². The minimum Gasteiger partial charge on any atom is -0.314 e. The summed E-state index contributed by atoms with van der Waals surface area (Å²) in [5.74, 6) is 0. The molecule has 0 amide bonds. The first-order valence-corrected chi connectivity index (χ1v) is 12.5. The number of hydrogen-bond donors (Lipinski definition) is 0. The van der Waals surface area contributed by atoms with Crippen molar-refractivity contribution in [3.63, 3.8) is 0 Å². The zero-order valence-electron chi connectivity index (χ0n) is 18.2. The molecule has 0 bridgehead atoms. The van der Waals surface area contributed by atoms with Gasteiger partial charge in [-0.1, -0.05) is 60.7 Å². The molecule has 2 aliphatic carbocycles. The molecule has 2 aliphatic rings. The van der Waals surface area contributed by atoms with Crippen LogP contribution in [0.4, 0.5) is 0 Å². The molecule has 31 heavy (non-hydrogen) atoms. The van der Waals surface area contributed by atoms with Crippen LogP contribution in [-0.2, 0) is 36.0 Å². The van der Waals surface area contributed by atoms with Crippen molar-refractivity contribution in [1.82, 2.24) is 0 Å². The topological polar surface area (TPSA) is 35.5 Å². The van der Waals surface area contributed by atoms with Crippen LogP contribution in [0.15, 0.2) is 60.7 Å². The molecule has 3 nitrogen and oxygen atoms in total. The second kappa shape index (κ2) is 21.6. The van der Waals surface area contributed by atoms with Gasteiger partial charge in [0.25, 0.3) is 0 Å². The van der Waals surface area contributed by atoms with E-state index < -0.39 is 8.25 Å². The van der Waals surface area contributed by atoms with Crippen molar-refractivity contribution in [2.24, 2.45) is 0 Å². The van der Waals surface area contributed by atoms with Gasteiger partial charge < -0.3 is 9.05 Å². The Bertz CT molecular complexity index is 578. The third-order valence-electron chi connectivity index (χ3n) is 3.73. The molecule has 0 heterocycles. The first-order chi connectivity index (χ1) is 14.7. The Morgan fingerprint density at radius 3 is 1.03 bits per heavy atom. The smallest absolute Gasteiger partial charge is 0.314 e. The second-order valence-electron chi connectivity index (χ2n) is 5.81. The molecular formula is C25H30NbO3P2+2. The van der Waals surface area contributed by atoms with Crippen LogP contribution in [-0.4, -0.2) is 20.9 Å². The van der Waals surface area contributed by atoms with Crippen LogP contribution in [0.25, 0.3) is 0 Å². The van der Waals surface area contributed by atoms with Crippen molar-refractivity contribution in [3.8, 4) is 0 Å². The van der Waals surface area contributed by atoms with E-state index in [2.05, 4.69) is 76.4 Å². The molecule has 0 spiro atoms. The molecular weight excluding hydrogens is 503 g/mol. The summed E-state index contributed by atoms with van der Waals surface area (Å²) in [7, 11) is 0.387. The van der Waals surface area contributed by atoms with Crippen LogP contribution in [0.3, 0.4) is 0 Å². The van der Waals surface area contributed by atoms with Crippen LogP contribution < -0.4 is 10.6 Å². The molecule has 0 atom stereocenters. The molecule has 2 aromatic rings. The number of hydrogen-bond acceptors (Lipinski definition) is 3. The van der Waals surface area contributed by atoms with Crippen molar-refractivity contribution >= 4 is 26.8 Å². The summed E-state index contributed by atoms with van der Waals surface area (Å²) < 4.78 is 18.4. The molecule has 0 saturated heterocycles. The monoisotopic (exact) mass is 533 g/mol. The van der Waals surface area contributed by atoms with E-state index in [1.807, 2.05) is 64.2 Å². The second-order valence-corrected chi connectivity index (χ2v) is 9.28. The summed E-state index contributed by atoms with van der Waals surface area (Å²) in [5.41, 5.74) is 0. The Morgan fingerprint density at radius 1 is 0.581 bits per heavy atom. The summed E-state index contributed by atoms with van der Waals surface area (Å²) in [5, 5.41) is 2.88. The molecule has 2 aromatic carbocycles. The SMILES string of the molecule is CO[PH](=O)OC.CP(c1ccccc1)c1ccccc1.[CH]1[CH][CH][CH][CH]1.[CH]1[CH][CH][CH][CH]1.[Nb+2]. The summed E-state index contributed by atoms with van der Waals surface area (Å²) in [4.78, 5) is 0. The molecule has 0 aliphatic heterocycles. The fourth-order valence-corrected chi connectivity index (χ4v) is 3.88. The maximum absolute atomic E-state index is 9.92. The average molecular weight is 533 g/mol. The minimum atomic E-state index is -2.12. The van der Waals surface area contributed by atoms with Gasteiger partial charge >= 0.3 is 30.6 Å². The van der Waals surface area contributed by atoms with Gasteiger partial charge in [-0.15, -0.1) is 0 Å². The Morgan fingerprint density at radius 2 is 0.839 bits per heavy atom. The fourth-order valence-electron chi connectivity index (χ4n) is 2.18. The minimum absolute atomic E-state index is 0. The number of benzene rings is 2. The fraction of sp³-hybridized carbons (Fsp3) is 0.120. The van der Waals surface area contributed by atoms with Crippen molar-refractivity contribution < 1.29 is 36.0 Å². The quantitative estimate of drug-likeness (QED) is 0.387. The standard InChI is InChI=1S/C13H13P.2C5H5.C2H7O3P.Nb/c1-14(12-8-4-2-5-9-12)13-10-6-3-7-11-13;2*1-2-4-5-3-1;1-4-6(3)5-2;/h2-11H,1H3;2*1-5H;6H,1-2H3;/q;;;;+2. The zero-order chi connectivity index (χ0) is 21.9. The summed E-state index contributed by atoms with van der Waals surface area (Å²) >= 11 is 0. The van der Waals surface area contributed by atoms with Crippen molar-refractivity contribution in [2.75, 3.05) is 20.9 Å². The largest absolute Gasteiger partial charge is 2.00 e. The van der Waals surface area contributed by atoms with Crippen molar-refractivity contribution in [1.29, 1.82) is 0 Å². The maximum Gasteiger partial charge on any atom is 2.00 e. The zero-order valence-corrected chi connectivity index (χ0v) is 22.3. The molecule has 0 unspecified atom stereocenters. The van der Waals surface area contributed by atoms with E-state index in [0.717, 1.165) is 0 Å². The van der Waals surface area contributed by atoms with Gasteiger partial charge in [-0.25, -0.2) is 0 Å². The predicted molar refractivity (Wildman–Crippen MR) is 131 cm³/mol. The molecule has 2 saturated carbocycles. The van der Waals surface area contributed by atoms with Crippen LogP contribution in [0.2, 0.25) is 0 Å². The first-order valence-electron chi connectivity index (χ1n) is 9.48. The van der Waals surface area contributed by atoms with Gasteiger partial charge in [0.05, 0.1) is 0 Å². The first kappa shape index (κ1) is 30.8. The van der Waals surface area contributed by atoms with Gasteiger partial charge in [0, 0.05) is 14.2 Å². The van der Waals surface area contributed by atoms with E-state index in [1.165, 1.54) is 24.8 Å². The maximum atomic E-state index is 9.92. The number of rotatable bonds is 4. The summed E-state index contributed by atoms with van der Waals surface area (Å²) in [6.45, 7) is 2.31. The Labute approximate surface area is 207 Å². The predicted octanol–water partition coefficient (Wildman–Crippen LogP) is 5.46. The van der Waals surface area contributed by atoms with Crippen LogP contribution >= 0.6 is 16.2 Å². The molecule has 2 fully saturated rings. The van der Waals surface area contributed by atoms with E-state index in [4.69, 9.17) is 0 Å². The Hall–Kier alpha value is -0.240. The Balaban J connectivity index is 0.000000440. The molecule has 0 N–H and O–H groups in total. The van der Waals surface area contributed by atoms with E-state index in [0.29, 0.717) is 0 Å². The third kappa shape index (κ3) is 16.1. The van der Waals surface area contributed by atoms with Gasteiger partial charge in [0.15, 0.2) is 0 Å².